The van der Waals surface area contributed by atoms with Crippen LogP contribution in [-0.4, -0.2) is 61.5 Å². The molecule has 18 heavy (non-hydrogen) atoms. The standard InChI is InChI=1S/C13H24N2O3/c1-3-4-7-14(2)12(16)15-8-5-13(6-9-15)17-10-11-18-13/h3-11H2,1-2H3. The summed E-state index contributed by atoms with van der Waals surface area (Å²) in [5.41, 5.74) is 0. The fraction of sp³-hybridized carbons (Fsp3) is 0.923. The second-order valence-corrected chi connectivity index (χ2v) is 5.15. The molecule has 5 heteroatoms. The van der Waals surface area contributed by atoms with Gasteiger partial charge in [0, 0.05) is 39.5 Å². The van der Waals surface area contributed by atoms with Crippen molar-refractivity contribution in [3.8, 4) is 0 Å². The van der Waals surface area contributed by atoms with Gasteiger partial charge in [-0.3, -0.25) is 0 Å². The second kappa shape index (κ2) is 5.89. The van der Waals surface area contributed by atoms with Crippen molar-refractivity contribution < 1.29 is 14.3 Å². The number of amides is 2. The molecule has 2 saturated heterocycles. The maximum atomic E-state index is 12.2. The molecule has 0 aliphatic carbocycles. The van der Waals surface area contributed by atoms with E-state index >= 15 is 0 Å². The largest absolute Gasteiger partial charge is 0.347 e. The number of piperidine rings is 1. The van der Waals surface area contributed by atoms with Crippen molar-refractivity contribution in [2.45, 2.75) is 38.4 Å². The van der Waals surface area contributed by atoms with Gasteiger partial charge in [0.05, 0.1) is 13.2 Å². The highest BCUT2D eigenvalue weighted by Crippen LogP contribution is 2.31. The van der Waals surface area contributed by atoms with E-state index in [2.05, 4.69) is 6.92 Å². The van der Waals surface area contributed by atoms with Crippen LogP contribution in [0.4, 0.5) is 4.79 Å². The van der Waals surface area contributed by atoms with Crippen molar-refractivity contribution in [3.63, 3.8) is 0 Å². The van der Waals surface area contributed by atoms with Gasteiger partial charge in [0.15, 0.2) is 5.79 Å². The number of likely N-dealkylation sites (tertiary alicyclic amines) is 1. The smallest absolute Gasteiger partial charge is 0.319 e. The molecule has 0 aromatic carbocycles. The lowest BCUT2D eigenvalue weighted by molar-refractivity contribution is -0.181. The van der Waals surface area contributed by atoms with Crippen LogP contribution in [0.2, 0.25) is 0 Å². The summed E-state index contributed by atoms with van der Waals surface area (Å²) < 4.78 is 11.3. The molecule has 0 atom stereocenters. The van der Waals surface area contributed by atoms with E-state index in [0.29, 0.717) is 13.2 Å². The third kappa shape index (κ3) is 2.95. The quantitative estimate of drug-likeness (QED) is 0.771. The van der Waals surface area contributed by atoms with Crippen molar-refractivity contribution >= 4 is 6.03 Å². The minimum absolute atomic E-state index is 0.135. The zero-order valence-corrected chi connectivity index (χ0v) is 11.5. The van der Waals surface area contributed by atoms with E-state index in [1.807, 2.05) is 16.8 Å². The molecule has 1 spiro atoms. The van der Waals surface area contributed by atoms with E-state index in [0.717, 1.165) is 45.3 Å². The Hall–Kier alpha value is -0.810. The maximum absolute atomic E-state index is 12.2. The molecule has 0 N–H and O–H groups in total. The van der Waals surface area contributed by atoms with E-state index in [1.165, 1.54) is 0 Å². The maximum Gasteiger partial charge on any atom is 0.319 e. The molecular weight excluding hydrogens is 232 g/mol. The number of urea groups is 1. The average Bonchev–Trinajstić information content (AvgIpc) is 2.84. The first kappa shape index (κ1) is 13.6. The number of carbonyl (C=O) groups is 1. The molecule has 0 radical (unpaired) electrons. The van der Waals surface area contributed by atoms with Crippen LogP contribution >= 0.6 is 0 Å². The molecule has 0 aromatic rings. The zero-order chi connectivity index (χ0) is 13.0. The van der Waals surface area contributed by atoms with Crippen molar-refractivity contribution in [2.75, 3.05) is 39.9 Å². The molecule has 2 aliphatic heterocycles. The second-order valence-electron chi connectivity index (χ2n) is 5.15. The number of carbonyl (C=O) groups excluding carboxylic acids is 1. The molecular formula is C13H24N2O3. The fourth-order valence-corrected chi connectivity index (χ4v) is 2.56. The normalized spacial score (nSPS) is 22.4. The highest BCUT2D eigenvalue weighted by atomic mass is 16.7. The van der Waals surface area contributed by atoms with Crippen LogP contribution in [0.3, 0.4) is 0 Å². The van der Waals surface area contributed by atoms with Gasteiger partial charge < -0.3 is 19.3 Å². The summed E-state index contributed by atoms with van der Waals surface area (Å²) in [6.45, 7) is 5.81. The Morgan fingerprint density at radius 2 is 1.89 bits per heavy atom. The molecule has 104 valence electrons. The summed E-state index contributed by atoms with van der Waals surface area (Å²) >= 11 is 0. The molecule has 0 saturated carbocycles. The van der Waals surface area contributed by atoms with Gasteiger partial charge in [-0.1, -0.05) is 13.3 Å². The van der Waals surface area contributed by atoms with Crippen LogP contribution < -0.4 is 0 Å². The van der Waals surface area contributed by atoms with E-state index < -0.39 is 5.79 Å². The Morgan fingerprint density at radius 3 is 2.44 bits per heavy atom. The first-order valence-electron chi connectivity index (χ1n) is 6.95. The van der Waals surface area contributed by atoms with Crippen molar-refractivity contribution in [1.82, 2.24) is 9.80 Å². The summed E-state index contributed by atoms with van der Waals surface area (Å²) in [5, 5.41) is 0. The SMILES string of the molecule is CCCCN(C)C(=O)N1CCC2(CC1)OCCO2. The van der Waals surface area contributed by atoms with E-state index in [-0.39, 0.29) is 6.03 Å². The van der Waals surface area contributed by atoms with Crippen LogP contribution in [0, 0.1) is 0 Å². The summed E-state index contributed by atoms with van der Waals surface area (Å²) in [6.07, 6.45) is 3.76. The van der Waals surface area contributed by atoms with Crippen molar-refractivity contribution in [2.24, 2.45) is 0 Å². The van der Waals surface area contributed by atoms with Gasteiger partial charge in [-0.2, -0.15) is 0 Å². The number of unbranched alkanes of at least 4 members (excludes halogenated alkanes) is 1. The monoisotopic (exact) mass is 256 g/mol. The van der Waals surface area contributed by atoms with E-state index in [1.54, 1.807) is 0 Å². The molecule has 2 aliphatic rings. The van der Waals surface area contributed by atoms with E-state index in [4.69, 9.17) is 9.47 Å². The summed E-state index contributed by atoms with van der Waals surface area (Å²) in [6, 6.07) is 0.135. The molecule has 0 bridgehead atoms. The zero-order valence-electron chi connectivity index (χ0n) is 11.5. The average molecular weight is 256 g/mol. The summed E-state index contributed by atoms with van der Waals surface area (Å²) in [7, 11) is 1.88. The number of hydrogen-bond acceptors (Lipinski definition) is 3. The molecule has 2 fully saturated rings. The Labute approximate surface area is 109 Å². The molecule has 2 rings (SSSR count). The van der Waals surface area contributed by atoms with Gasteiger partial charge in [-0.05, 0) is 6.42 Å². The van der Waals surface area contributed by atoms with Crippen molar-refractivity contribution in [3.05, 3.63) is 0 Å². The van der Waals surface area contributed by atoms with Gasteiger partial charge in [-0.25, -0.2) is 4.79 Å². The Morgan fingerprint density at radius 1 is 1.28 bits per heavy atom. The first-order chi connectivity index (χ1) is 8.67. The topological polar surface area (TPSA) is 42.0 Å². The number of ether oxygens (including phenoxy) is 2. The van der Waals surface area contributed by atoms with E-state index in [9.17, 15) is 4.79 Å². The number of nitrogens with zero attached hydrogens (tertiary/aromatic N) is 2. The van der Waals surface area contributed by atoms with Gasteiger partial charge in [-0.15, -0.1) is 0 Å². The fourth-order valence-electron chi connectivity index (χ4n) is 2.56. The lowest BCUT2D eigenvalue weighted by atomic mass is 10.0. The van der Waals surface area contributed by atoms with Crippen LogP contribution in [0.15, 0.2) is 0 Å². The third-order valence-corrected chi connectivity index (χ3v) is 3.78. The minimum Gasteiger partial charge on any atom is -0.347 e. The van der Waals surface area contributed by atoms with Crippen LogP contribution in [0.1, 0.15) is 32.6 Å². The van der Waals surface area contributed by atoms with Crippen LogP contribution in [0.25, 0.3) is 0 Å². The Bertz CT molecular complexity index is 280. The van der Waals surface area contributed by atoms with Crippen LogP contribution in [-0.2, 0) is 9.47 Å². The molecule has 2 amide bonds. The van der Waals surface area contributed by atoms with Gasteiger partial charge in [0.25, 0.3) is 0 Å². The number of hydrogen-bond donors (Lipinski definition) is 0. The third-order valence-electron chi connectivity index (χ3n) is 3.78. The van der Waals surface area contributed by atoms with Crippen LogP contribution in [0.5, 0.6) is 0 Å². The first-order valence-corrected chi connectivity index (χ1v) is 6.95. The summed E-state index contributed by atoms with van der Waals surface area (Å²) in [4.78, 5) is 15.9. The van der Waals surface area contributed by atoms with Crippen molar-refractivity contribution in [1.29, 1.82) is 0 Å². The molecule has 2 heterocycles. The molecule has 0 unspecified atom stereocenters. The summed E-state index contributed by atoms with van der Waals surface area (Å²) in [5.74, 6) is -0.390. The lowest BCUT2D eigenvalue weighted by Crippen LogP contribution is -2.50. The van der Waals surface area contributed by atoms with Gasteiger partial charge in [0.1, 0.15) is 0 Å². The van der Waals surface area contributed by atoms with Gasteiger partial charge >= 0.3 is 6.03 Å². The highest BCUT2D eigenvalue weighted by molar-refractivity contribution is 5.74. The highest BCUT2D eigenvalue weighted by Gasteiger charge is 2.41. The van der Waals surface area contributed by atoms with Gasteiger partial charge in [0.2, 0.25) is 0 Å². The predicted octanol–water partition coefficient (Wildman–Crippen LogP) is 1.68. The minimum atomic E-state index is -0.390. The Balaban J connectivity index is 1.79. The Kier molecular flexibility index (Phi) is 4.45. The molecule has 5 nitrogen and oxygen atoms in total. The predicted molar refractivity (Wildman–Crippen MR) is 68.4 cm³/mol. The lowest BCUT2D eigenvalue weighted by Gasteiger charge is -2.38. The molecule has 0 aromatic heterocycles. The number of rotatable bonds is 3.